The van der Waals surface area contributed by atoms with E-state index in [2.05, 4.69) is 34.7 Å². The number of rotatable bonds is 5. The maximum absolute atomic E-state index is 14.0. The van der Waals surface area contributed by atoms with Crippen molar-refractivity contribution in [2.24, 2.45) is 7.05 Å². The average molecular weight is 469 g/mol. The summed E-state index contributed by atoms with van der Waals surface area (Å²) in [7, 11) is 1.89. The number of halogens is 1. The molecule has 3 aromatic carbocycles. The number of aromatic nitrogens is 2. The predicted octanol–water partition coefficient (Wildman–Crippen LogP) is 5.03. The quantitative estimate of drug-likeness (QED) is 0.447. The van der Waals surface area contributed by atoms with Gasteiger partial charge in [-0.25, -0.2) is 4.39 Å². The van der Waals surface area contributed by atoms with E-state index in [-0.39, 0.29) is 17.4 Å². The van der Waals surface area contributed by atoms with Crippen molar-refractivity contribution in [3.05, 3.63) is 107 Å². The Hall–Kier alpha value is -4.26. The summed E-state index contributed by atoms with van der Waals surface area (Å²) in [6.07, 6.45) is 3.82. The van der Waals surface area contributed by atoms with Gasteiger partial charge in [0.15, 0.2) is 0 Å². The van der Waals surface area contributed by atoms with Crippen LogP contribution in [0.3, 0.4) is 0 Å². The van der Waals surface area contributed by atoms with Crippen molar-refractivity contribution < 1.29 is 14.0 Å². The number of nitrogens with one attached hydrogen (secondary N) is 1. The number of amides is 2. The van der Waals surface area contributed by atoms with E-state index in [1.165, 1.54) is 23.8 Å². The van der Waals surface area contributed by atoms with Crippen LogP contribution in [0.2, 0.25) is 0 Å². The Labute approximate surface area is 203 Å². The Morgan fingerprint density at radius 2 is 1.74 bits per heavy atom. The molecule has 5 rings (SSSR count). The molecule has 0 spiro atoms. The normalized spacial score (nSPS) is 13.4. The standard InChI is InChI=1S/C28H25FN4O2/c1-18-7-8-21(13-26(18)31-27(34)24-5-3-4-6-25(24)29)28(35)33-16-23(17-33)20-11-9-19(10-12-20)22-14-30-32(2)15-22/h3-15,23H,16-17H2,1-2H3,(H,31,34). The Bertz CT molecular complexity index is 1400. The summed E-state index contributed by atoms with van der Waals surface area (Å²) < 4.78 is 15.7. The molecule has 1 fully saturated rings. The lowest BCUT2D eigenvalue weighted by molar-refractivity contribution is 0.0602. The van der Waals surface area contributed by atoms with Crippen LogP contribution in [0.15, 0.2) is 79.1 Å². The van der Waals surface area contributed by atoms with Gasteiger partial charge in [0, 0.05) is 49.1 Å². The average Bonchev–Trinajstić information content (AvgIpc) is 3.26. The van der Waals surface area contributed by atoms with Crippen molar-refractivity contribution in [1.82, 2.24) is 14.7 Å². The summed E-state index contributed by atoms with van der Waals surface area (Å²) in [6.45, 7) is 3.10. The van der Waals surface area contributed by atoms with Gasteiger partial charge in [-0.3, -0.25) is 14.3 Å². The summed E-state index contributed by atoms with van der Waals surface area (Å²) >= 11 is 0. The number of anilines is 1. The molecule has 176 valence electrons. The zero-order valence-electron chi connectivity index (χ0n) is 19.5. The van der Waals surface area contributed by atoms with E-state index in [9.17, 15) is 14.0 Å². The third-order valence-electron chi connectivity index (χ3n) is 6.44. The minimum atomic E-state index is -0.588. The topological polar surface area (TPSA) is 67.2 Å². The largest absolute Gasteiger partial charge is 0.337 e. The Kier molecular flexibility index (Phi) is 5.91. The van der Waals surface area contributed by atoms with Crippen molar-refractivity contribution >= 4 is 17.5 Å². The van der Waals surface area contributed by atoms with Crippen molar-refractivity contribution in [3.63, 3.8) is 0 Å². The second kappa shape index (κ2) is 9.18. The first-order valence-electron chi connectivity index (χ1n) is 11.4. The van der Waals surface area contributed by atoms with Crippen LogP contribution >= 0.6 is 0 Å². The molecule has 0 unspecified atom stereocenters. The molecule has 4 aromatic rings. The van der Waals surface area contributed by atoms with Crippen LogP contribution in [-0.2, 0) is 7.05 Å². The third-order valence-corrected chi connectivity index (χ3v) is 6.44. The van der Waals surface area contributed by atoms with E-state index in [1.54, 1.807) is 33.8 Å². The van der Waals surface area contributed by atoms with Gasteiger partial charge >= 0.3 is 0 Å². The number of benzene rings is 3. The number of carbonyl (C=O) groups excluding carboxylic acids is 2. The van der Waals surface area contributed by atoms with Crippen LogP contribution < -0.4 is 5.32 Å². The van der Waals surface area contributed by atoms with Gasteiger partial charge in [0.1, 0.15) is 5.82 Å². The van der Waals surface area contributed by atoms with Crippen LogP contribution in [0.25, 0.3) is 11.1 Å². The number of carbonyl (C=O) groups is 2. The molecule has 1 aliphatic heterocycles. The minimum absolute atomic E-state index is 0.0382. The highest BCUT2D eigenvalue weighted by atomic mass is 19.1. The molecule has 2 heterocycles. The molecule has 7 heteroatoms. The van der Waals surface area contributed by atoms with Crippen LogP contribution in [0.1, 0.15) is 37.8 Å². The van der Waals surface area contributed by atoms with E-state index in [4.69, 9.17) is 0 Å². The maximum atomic E-state index is 14.0. The van der Waals surface area contributed by atoms with Gasteiger partial charge in [0.2, 0.25) is 0 Å². The fourth-order valence-electron chi connectivity index (χ4n) is 4.28. The molecule has 0 saturated carbocycles. The van der Waals surface area contributed by atoms with Crippen molar-refractivity contribution in [2.75, 3.05) is 18.4 Å². The van der Waals surface area contributed by atoms with Crippen molar-refractivity contribution in [3.8, 4) is 11.1 Å². The van der Waals surface area contributed by atoms with Crippen LogP contribution in [0.4, 0.5) is 10.1 Å². The molecular formula is C28H25FN4O2. The summed E-state index contributed by atoms with van der Waals surface area (Å²) in [6, 6.07) is 19.4. The second-order valence-corrected chi connectivity index (χ2v) is 8.90. The van der Waals surface area contributed by atoms with E-state index < -0.39 is 11.7 Å². The molecule has 6 nitrogen and oxygen atoms in total. The third kappa shape index (κ3) is 4.57. The number of likely N-dealkylation sites (tertiary alicyclic amines) is 1. The first-order chi connectivity index (χ1) is 16.9. The minimum Gasteiger partial charge on any atom is -0.337 e. The lowest BCUT2D eigenvalue weighted by Gasteiger charge is -2.39. The smallest absolute Gasteiger partial charge is 0.258 e. The van der Waals surface area contributed by atoms with Crippen LogP contribution in [-0.4, -0.2) is 39.6 Å². The van der Waals surface area contributed by atoms with Gasteiger partial charge in [0.25, 0.3) is 11.8 Å². The van der Waals surface area contributed by atoms with Gasteiger partial charge in [-0.1, -0.05) is 42.5 Å². The number of nitrogens with zero attached hydrogens (tertiary/aromatic N) is 3. The summed E-state index contributed by atoms with van der Waals surface area (Å²) in [4.78, 5) is 27.4. The van der Waals surface area contributed by atoms with Crippen molar-refractivity contribution in [1.29, 1.82) is 0 Å². The highest BCUT2D eigenvalue weighted by molar-refractivity contribution is 6.05. The Balaban J connectivity index is 1.24. The van der Waals surface area contributed by atoms with Crippen LogP contribution in [0.5, 0.6) is 0 Å². The fraction of sp³-hybridized carbons (Fsp3) is 0.179. The molecule has 35 heavy (non-hydrogen) atoms. The molecule has 0 radical (unpaired) electrons. The monoisotopic (exact) mass is 468 g/mol. The highest BCUT2D eigenvalue weighted by Crippen LogP contribution is 2.31. The number of aryl methyl sites for hydroxylation is 2. The Morgan fingerprint density at radius 1 is 1.00 bits per heavy atom. The first-order valence-corrected chi connectivity index (χ1v) is 11.4. The van der Waals surface area contributed by atoms with E-state index in [1.807, 2.05) is 26.4 Å². The summed E-state index contributed by atoms with van der Waals surface area (Å²) in [5, 5.41) is 6.95. The first kappa shape index (κ1) is 22.5. The zero-order chi connectivity index (χ0) is 24.5. The van der Waals surface area contributed by atoms with E-state index in [0.717, 1.165) is 16.7 Å². The lowest BCUT2D eigenvalue weighted by Crippen LogP contribution is -2.48. The fourth-order valence-corrected chi connectivity index (χ4v) is 4.28. The van der Waals surface area contributed by atoms with E-state index in [0.29, 0.717) is 24.3 Å². The SMILES string of the molecule is Cc1ccc(C(=O)N2CC(c3ccc(-c4cnn(C)c4)cc3)C2)cc1NC(=O)c1ccccc1F. The molecule has 1 N–H and O–H groups in total. The predicted molar refractivity (Wildman–Crippen MR) is 133 cm³/mol. The van der Waals surface area contributed by atoms with Crippen molar-refractivity contribution in [2.45, 2.75) is 12.8 Å². The molecule has 0 aliphatic carbocycles. The number of hydrogen-bond acceptors (Lipinski definition) is 3. The molecule has 0 bridgehead atoms. The summed E-state index contributed by atoms with van der Waals surface area (Å²) in [5.74, 6) is -0.938. The molecular weight excluding hydrogens is 443 g/mol. The van der Waals surface area contributed by atoms with Gasteiger partial charge in [-0.15, -0.1) is 0 Å². The van der Waals surface area contributed by atoms with Crippen LogP contribution in [0, 0.1) is 12.7 Å². The molecule has 1 saturated heterocycles. The lowest BCUT2D eigenvalue weighted by atomic mass is 9.90. The molecule has 1 aliphatic rings. The number of hydrogen-bond donors (Lipinski definition) is 1. The highest BCUT2D eigenvalue weighted by Gasteiger charge is 2.32. The molecule has 2 amide bonds. The Morgan fingerprint density at radius 3 is 2.43 bits per heavy atom. The zero-order valence-corrected chi connectivity index (χ0v) is 19.5. The van der Waals surface area contributed by atoms with E-state index >= 15 is 0 Å². The van der Waals surface area contributed by atoms with Gasteiger partial charge in [-0.05, 0) is 47.9 Å². The molecule has 1 aromatic heterocycles. The maximum Gasteiger partial charge on any atom is 0.258 e. The van der Waals surface area contributed by atoms with Gasteiger partial charge in [-0.2, -0.15) is 5.10 Å². The molecule has 0 atom stereocenters. The second-order valence-electron chi connectivity index (χ2n) is 8.90. The van der Waals surface area contributed by atoms with Gasteiger partial charge in [0.05, 0.1) is 11.8 Å². The van der Waals surface area contributed by atoms with Gasteiger partial charge < -0.3 is 10.2 Å². The summed E-state index contributed by atoms with van der Waals surface area (Å²) in [5.41, 5.74) is 5.12.